The molecule has 5 nitrogen and oxygen atoms in total. The smallest absolute Gasteiger partial charge is 0.228 e. The van der Waals surface area contributed by atoms with Crippen molar-refractivity contribution in [2.45, 2.75) is 12.8 Å². The monoisotopic (exact) mass is 425 g/mol. The van der Waals surface area contributed by atoms with Crippen LogP contribution in [0.3, 0.4) is 0 Å². The van der Waals surface area contributed by atoms with E-state index in [2.05, 4.69) is 22.0 Å². The van der Waals surface area contributed by atoms with Crippen LogP contribution in [0.1, 0.15) is 28.9 Å². The van der Waals surface area contributed by atoms with Crippen molar-refractivity contribution in [3.8, 4) is 11.8 Å². The number of carbonyl (C=O) groups is 1. The lowest BCUT2D eigenvalue weighted by molar-refractivity contribution is 0.0937. The van der Waals surface area contributed by atoms with Gasteiger partial charge in [0.1, 0.15) is 17.5 Å². The highest BCUT2D eigenvalue weighted by molar-refractivity contribution is 9.10. The highest BCUT2D eigenvalue weighted by Crippen LogP contribution is 2.47. The molecule has 0 saturated carbocycles. The van der Waals surface area contributed by atoms with Gasteiger partial charge in [-0.2, -0.15) is 5.26 Å². The van der Waals surface area contributed by atoms with Crippen molar-refractivity contribution in [3.05, 3.63) is 75.5 Å². The maximum absolute atomic E-state index is 13.8. The van der Waals surface area contributed by atoms with Gasteiger partial charge in [0.15, 0.2) is 5.75 Å². The number of para-hydroxylation sites is 1. The Balaban J connectivity index is 2.11. The topological polar surface area (TPSA) is 81.0 Å². The van der Waals surface area contributed by atoms with Gasteiger partial charge < -0.3 is 10.5 Å². The van der Waals surface area contributed by atoms with E-state index < -0.39 is 11.7 Å². The number of benzene rings is 2. The number of nitrogens with zero attached hydrogens (tertiary/aromatic N) is 2. The molecule has 0 spiro atoms. The Morgan fingerprint density at radius 3 is 2.74 bits per heavy atom. The Hall–Kier alpha value is -3.11. The summed E-state index contributed by atoms with van der Waals surface area (Å²) in [4.78, 5) is 12.5. The van der Waals surface area contributed by atoms with E-state index in [-0.39, 0.29) is 21.8 Å². The maximum atomic E-state index is 13.8. The lowest BCUT2D eigenvalue weighted by atomic mass is 9.87. The van der Waals surface area contributed by atoms with Crippen molar-refractivity contribution in [3.63, 3.8) is 0 Å². The second-order valence-electron chi connectivity index (χ2n) is 6.18. The molecule has 134 valence electrons. The predicted octanol–water partition coefficient (Wildman–Crippen LogP) is 4.42. The zero-order chi connectivity index (χ0) is 19.3. The van der Waals surface area contributed by atoms with Crippen LogP contribution in [0.5, 0.6) is 5.75 Å². The molecule has 2 aromatic carbocycles. The quantitative estimate of drug-likeness (QED) is 0.625. The van der Waals surface area contributed by atoms with Gasteiger partial charge in [0, 0.05) is 12.3 Å². The molecule has 0 saturated heterocycles. The van der Waals surface area contributed by atoms with E-state index in [1.165, 1.54) is 17.6 Å². The van der Waals surface area contributed by atoms with Gasteiger partial charge in [0.2, 0.25) is 11.8 Å². The summed E-state index contributed by atoms with van der Waals surface area (Å²) >= 11 is 3.18. The standard InChI is InChI=1S/C20H13BrFN3O2/c1-10(26)25-16-5-3-2-4-12(16)19-18(25)17(13(9-23)20(24)27-19)11-6-7-15(22)14(21)8-11/h2-8,17H,24H2,1H3/t17-/m0/s1. The molecule has 27 heavy (non-hydrogen) atoms. The summed E-state index contributed by atoms with van der Waals surface area (Å²) in [7, 11) is 0. The number of rotatable bonds is 1. The van der Waals surface area contributed by atoms with Gasteiger partial charge in [-0.25, -0.2) is 4.39 Å². The number of hydrogen-bond donors (Lipinski definition) is 1. The second-order valence-corrected chi connectivity index (χ2v) is 7.04. The van der Waals surface area contributed by atoms with Gasteiger partial charge in [-0.3, -0.25) is 9.36 Å². The van der Waals surface area contributed by atoms with Crippen molar-refractivity contribution >= 4 is 32.7 Å². The molecule has 0 fully saturated rings. The van der Waals surface area contributed by atoms with Crippen LogP contribution in [-0.4, -0.2) is 10.5 Å². The van der Waals surface area contributed by atoms with Crippen molar-refractivity contribution in [2.24, 2.45) is 5.73 Å². The summed E-state index contributed by atoms with van der Waals surface area (Å²) in [6.07, 6.45) is 0. The fourth-order valence-corrected chi connectivity index (χ4v) is 3.91. The summed E-state index contributed by atoms with van der Waals surface area (Å²) < 4.78 is 21.3. The Labute approximate surface area is 162 Å². The second kappa shape index (κ2) is 6.25. The van der Waals surface area contributed by atoms with E-state index in [1.807, 2.05) is 18.2 Å². The van der Waals surface area contributed by atoms with Crippen molar-refractivity contribution in [1.29, 1.82) is 5.26 Å². The summed E-state index contributed by atoms with van der Waals surface area (Å²) in [6, 6.07) is 13.8. The lowest BCUT2D eigenvalue weighted by Gasteiger charge is -2.26. The van der Waals surface area contributed by atoms with E-state index in [4.69, 9.17) is 10.5 Å². The van der Waals surface area contributed by atoms with Crippen molar-refractivity contribution in [2.75, 3.05) is 0 Å². The molecule has 1 aromatic heterocycles. The van der Waals surface area contributed by atoms with Crippen LogP contribution in [0.25, 0.3) is 10.9 Å². The van der Waals surface area contributed by atoms with Crippen molar-refractivity contribution in [1.82, 2.24) is 4.57 Å². The number of allylic oxidation sites excluding steroid dienone is 1. The summed E-state index contributed by atoms with van der Waals surface area (Å²) in [6.45, 7) is 1.44. The number of halogens is 2. The van der Waals surface area contributed by atoms with E-state index in [9.17, 15) is 14.4 Å². The molecule has 7 heteroatoms. The van der Waals surface area contributed by atoms with Crippen LogP contribution >= 0.6 is 15.9 Å². The number of hydrogen-bond acceptors (Lipinski definition) is 4. The molecule has 1 aliphatic rings. The summed E-state index contributed by atoms with van der Waals surface area (Å²) in [5.74, 6) is -0.898. The minimum atomic E-state index is -0.660. The van der Waals surface area contributed by atoms with Gasteiger partial charge in [-0.05, 0) is 45.8 Å². The van der Waals surface area contributed by atoms with E-state index in [1.54, 1.807) is 18.2 Å². The van der Waals surface area contributed by atoms with Gasteiger partial charge in [-0.1, -0.05) is 18.2 Å². The molecule has 0 amide bonds. The number of ether oxygens (including phenoxy) is 1. The molecule has 1 atom stereocenters. The SMILES string of the molecule is CC(=O)n1c2c(c3ccccc31)OC(N)=C(C#N)[C@@H]2c1ccc(F)c(Br)c1. The fraction of sp³-hybridized carbons (Fsp3) is 0.100. The minimum absolute atomic E-state index is 0.0260. The minimum Gasteiger partial charge on any atom is -0.438 e. The molecule has 2 heterocycles. The number of aromatic nitrogens is 1. The molecular weight excluding hydrogens is 413 g/mol. The number of carbonyl (C=O) groups excluding carboxylic acids is 1. The molecule has 1 aliphatic heterocycles. The third kappa shape index (κ3) is 2.53. The van der Waals surface area contributed by atoms with Crippen LogP contribution in [0, 0.1) is 17.1 Å². The average Bonchev–Trinajstić information content (AvgIpc) is 2.97. The molecule has 0 bridgehead atoms. The number of fused-ring (bicyclic) bond motifs is 3. The van der Waals surface area contributed by atoms with Crippen molar-refractivity contribution < 1.29 is 13.9 Å². The molecule has 4 rings (SSSR count). The molecule has 0 unspecified atom stereocenters. The molecule has 0 radical (unpaired) electrons. The zero-order valence-corrected chi connectivity index (χ0v) is 15.7. The average molecular weight is 426 g/mol. The highest BCUT2D eigenvalue weighted by Gasteiger charge is 2.37. The Morgan fingerprint density at radius 2 is 2.07 bits per heavy atom. The molecule has 2 N–H and O–H groups in total. The first-order chi connectivity index (χ1) is 12.9. The highest BCUT2D eigenvalue weighted by atomic mass is 79.9. The first-order valence-corrected chi connectivity index (χ1v) is 8.90. The Bertz CT molecular complexity index is 1190. The Kier molecular flexibility index (Phi) is 4.01. The number of nitriles is 1. The zero-order valence-electron chi connectivity index (χ0n) is 14.2. The maximum Gasteiger partial charge on any atom is 0.228 e. The predicted molar refractivity (Wildman–Crippen MR) is 102 cm³/mol. The first-order valence-electron chi connectivity index (χ1n) is 8.10. The van der Waals surface area contributed by atoms with Crippen LogP contribution in [-0.2, 0) is 0 Å². The van der Waals surface area contributed by atoms with Crippen LogP contribution in [0.2, 0.25) is 0 Å². The molecular formula is C20H13BrFN3O2. The largest absolute Gasteiger partial charge is 0.438 e. The van der Waals surface area contributed by atoms with Gasteiger partial charge >= 0.3 is 0 Å². The Morgan fingerprint density at radius 1 is 1.33 bits per heavy atom. The number of nitrogens with two attached hydrogens (primary N) is 1. The summed E-state index contributed by atoms with van der Waals surface area (Å²) in [5.41, 5.74) is 7.99. The van der Waals surface area contributed by atoms with Crippen LogP contribution in [0.4, 0.5) is 4.39 Å². The van der Waals surface area contributed by atoms with Crippen LogP contribution < -0.4 is 10.5 Å². The van der Waals surface area contributed by atoms with Crippen LogP contribution in [0.15, 0.2) is 58.4 Å². The van der Waals surface area contributed by atoms with E-state index in [0.717, 1.165) is 0 Å². The van der Waals surface area contributed by atoms with E-state index >= 15 is 0 Å². The summed E-state index contributed by atoms with van der Waals surface area (Å²) in [5, 5.41) is 10.4. The first kappa shape index (κ1) is 17.3. The fourth-order valence-electron chi connectivity index (χ4n) is 3.52. The third-order valence-corrected chi connectivity index (χ3v) is 5.22. The van der Waals surface area contributed by atoms with E-state index in [0.29, 0.717) is 27.9 Å². The van der Waals surface area contributed by atoms with Gasteiger partial charge in [0.25, 0.3) is 0 Å². The van der Waals surface area contributed by atoms with Gasteiger partial charge in [-0.15, -0.1) is 0 Å². The molecule has 0 aliphatic carbocycles. The lowest BCUT2D eigenvalue weighted by Crippen LogP contribution is -2.24. The van der Waals surface area contributed by atoms with Gasteiger partial charge in [0.05, 0.1) is 21.6 Å². The molecule has 3 aromatic rings. The third-order valence-electron chi connectivity index (χ3n) is 4.62. The normalized spacial score (nSPS) is 16.0.